The van der Waals surface area contributed by atoms with Crippen molar-refractivity contribution in [3.63, 3.8) is 0 Å². The van der Waals surface area contributed by atoms with Gasteiger partial charge in [-0.05, 0) is 42.8 Å². The lowest BCUT2D eigenvalue weighted by molar-refractivity contribution is 0.0746. The van der Waals surface area contributed by atoms with Gasteiger partial charge in [0.25, 0.3) is 5.91 Å². The van der Waals surface area contributed by atoms with E-state index >= 15 is 0 Å². The number of hydrogen-bond donors (Lipinski definition) is 0. The highest BCUT2D eigenvalue weighted by Crippen LogP contribution is 2.41. The SMILES string of the molecule is CCCC1=Nc2cc(C(=O)N3CCN(c4ccccc4F)CC3)ccc2Sc2ccccc21. The fourth-order valence-corrected chi connectivity index (χ4v) is 5.44. The highest BCUT2D eigenvalue weighted by atomic mass is 32.2. The number of para-hydroxylation sites is 1. The molecule has 0 saturated carbocycles. The van der Waals surface area contributed by atoms with Gasteiger partial charge in [0.05, 0.1) is 11.4 Å². The van der Waals surface area contributed by atoms with Crippen LogP contribution in [0.15, 0.2) is 81.5 Å². The van der Waals surface area contributed by atoms with E-state index in [4.69, 9.17) is 4.99 Å². The van der Waals surface area contributed by atoms with Crippen LogP contribution in [-0.2, 0) is 0 Å². The van der Waals surface area contributed by atoms with Gasteiger partial charge in [-0.1, -0.05) is 55.4 Å². The molecular formula is C27H26FN3OS. The van der Waals surface area contributed by atoms with E-state index in [0.29, 0.717) is 37.4 Å². The molecule has 0 N–H and O–H groups in total. The number of anilines is 1. The Morgan fingerprint density at radius 2 is 1.73 bits per heavy atom. The maximum atomic E-state index is 14.1. The van der Waals surface area contributed by atoms with Gasteiger partial charge in [0.15, 0.2) is 0 Å². The molecule has 2 aliphatic rings. The van der Waals surface area contributed by atoms with Crippen LogP contribution in [0.4, 0.5) is 15.8 Å². The second-order valence-corrected chi connectivity index (χ2v) is 9.40. The zero-order chi connectivity index (χ0) is 22.8. The van der Waals surface area contributed by atoms with E-state index in [0.717, 1.165) is 29.1 Å². The van der Waals surface area contributed by atoms with Gasteiger partial charge in [0, 0.05) is 52.8 Å². The van der Waals surface area contributed by atoms with Crippen molar-refractivity contribution >= 4 is 34.8 Å². The van der Waals surface area contributed by atoms with Crippen molar-refractivity contribution in [2.24, 2.45) is 4.99 Å². The van der Waals surface area contributed by atoms with Gasteiger partial charge in [-0.15, -0.1) is 0 Å². The van der Waals surface area contributed by atoms with E-state index < -0.39 is 0 Å². The Hall–Kier alpha value is -3.12. The van der Waals surface area contributed by atoms with E-state index in [1.54, 1.807) is 23.9 Å². The molecule has 0 atom stereocenters. The average molecular weight is 460 g/mol. The summed E-state index contributed by atoms with van der Waals surface area (Å²) in [6, 6.07) is 21.0. The molecule has 3 aromatic carbocycles. The number of carbonyl (C=O) groups excluding carboxylic acids is 1. The second kappa shape index (κ2) is 9.40. The Kier molecular flexibility index (Phi) is 6.18. The minimum Gasteiger partial charge on any atom is -0.366 e. The van der Waals surface area contributed by atoms with Crippen molar-refractivity contribution in [1.82, 2.24) is 4.90 Å². The van der Waals surface area contributed by atoms with E-state index in [1.807, 2.05) is 34.1 Å². The smallest absolute Gasteiger partial charge is 0.254 e. The van der Waals surface area contributed by atoms with Crippen LogP contribution in [0.25, 0.3) is 0 Å². The summed E-state index contributed by atoms with van der Waals surface area (Å²) < 4.78 is 14.1. The van der Waals surface area contributed by atoms with Gasteiger partial charge in [-0.25, -0.2) is 4.39 Å². The first-order valence-electron chi connectivity index (χ1n) is 11.4. The fraction of sp³-hybridized carbons (Fsp3) is 0.259. The third-order valence-electron chi connectivity index (χ3n) is 6.13. The minimum atomic E-state index is -0.220. The lowest BCUT2D eigenvalue weighted by Gasteiger charge is -2.36. The standard InChI is InChI=1S/C27H26FN3OS/c1-2-7-22-20-8-3-6-11-25(20)33-26-13-12-19(18-23(26)29-22)27(32)31-16-14-30(15-17-31)24-10-5-4-9-21(24)28/h3-6,8-13,18H,2,7,14-17H2,1H3. The Bertz CT molecular complexity index is 1220. The van der Waals surface area contributed by atoms with Crippen molar-refractivity contribution in [3.8, 4) is 0 Å². The summed E-state index contributed by atoms with van der Waals surface area (Å²) in [6.45, 7) is 4.51. The summed E-state index contributed by atoms with van der Waals surface area (Å²) in [7, 11) is 0. The summed E-state index contributed by atoms with van der Waals surface area (Å²) in [4.78, 5) is 24.4. The molecule has 3 aromatic rings. The van der Waals surface area contributed by atoms with Gasteiger partial charge in [-0.2, -0.15) is 0 Å². The maximum Gasteiger partial charge on any atom is 0.254 e. The van der Waals surface area contributed by atoms with E-state index in [9.17, 15) is 9.18 Å². The summed E-state index contributed by atoms with van der Waals surface area (Å²) in [5.74, 6) is -0.216. The molecule has 168 valence electrons. The number of rotatable bonds is 4. The van der Waals surface area contributed by atoms with Gasteiger partial charge < -0.3 is 9.80 Å². The van der Waals surface area contributed by atoms with Gasteiger partial charge in [-0.3, -0.25) is 9.79 Å². The van der Waals surface area contributed by atoms with Crippen molar-refractivity contribution in [3.05, 3.63) is 83.7 Å². The normalized spacial score (nSPS) is 15.4. The van der Waals surface area contributed by atoms with Crippen LogP contribution < -0.4 is 4.90 Å². The van der Waals surface area contributed by atoms with Crippen LogP contribution in [0.2, 0.25) is 0 Å². The van der Waals surface area contributed by atoms with Crippen molar-refractivity contribution < 1.29 is 9.18 Å². The van der Waals surface area contributed by atoms with Crippen LogP contribution in [-0.4, -0.2) is 42.7 Å². The number of aliphatic imine (C=N–C) groups is 1. The number of carbonyl (C=O) groups is 1. The van der Waals surface area contributed by atoms with E-state index in [-0.39, 0.29) is 11.7 Å². The second-order valence-electron chi connectivity index (χ2n) is 8.32. The summed E-state index contributed by atoms with van der Waals surface area (Å²) >= 11 is 1.71. The van der Waals surface area contributed by atoms with Crippen LogP contribution in [0.1, 0.15) is 35.7 Å². The molecular weight excluding hydrogens is 433 g/mol. The monoisotopic (exact) mass is 459 g/mol. The molecule has 2 aliphatic heterocycles. The molecule has 6 heteroatoms. The largest absolute Gasteiger partial charge is 0.366 e. The number of fused-ring (bicyclic) bond motifs is 2. The van der Waals surface area contributed by atoms with Crippen LogP contribution >= 0.6 is 11.8 Å². The van der Waals surface area contributed by atoms with Crippen molar-refractivity contribution in [2.75, 3.05) is 31.1 Å². The zero-order valence-electron chi connectivity index (χ0n) is 18.6. The Balaban J connectivity index is 1.36. The first kappa shape index (κ1) is 21.7. The lowest BCUT2D eigenvalue weighted by Crippen LogP contribution is -2.49. The molecule has 2 heterocycles. The number of hydrogen-bond acceptors (Lipinski definition) is 4. The molecule has 1 saturated heterocycles. The van der Waals surface area contributed by atoms with E-state index in [1.165, 1.54) is 16.5 Å². The molecule has 4 nitrogen and oxygen atoms in total. The lowest BCUT2D eigenvalue weighted by atomic mass is 10.1. The number of amides is 1. The third-order valence-corrected chi connectivity index (χ3v) is 7.27. The molecule has 0 radical (unpaired) electrons. The molecule has 33 heavy (non-hydrogen) atoms. The van der Waals surface area contributed by atoms with Gasteiger partial charge in [0.1, 0.15) is 5.82 Å². The van der Waals surface area contributed by atoms with Crippen LogP contribution in [0.3, 0.4) is 0 Å². The third kappa shape index (κ3) is 4.40. The fourth-order valence-electron chi connectivity index (χ4n) is 4.41. The number of benzene rings is 3. The summed E-state index contributed by atoms with van der Waals surface area (Å²) in [5.41, 5.74) is 4.36. The minimum absolute atomic E-state index is 0.00462. The highest BCUT2D eigenvalue weighted by molar-refractivity contribution is 7.99. The first-order chi connectivity index (χ1) is 16.1. The Morgan fingerprint density at radius 1 is 0.970 bits per heavy atom. The molecule has 5 rings (SSSR count). The molecule has 0 spiro atoms. The quantitative estimate of drug-likeness (QED) is 0.468. The molecule has 1 amide bonds. The average Bonchev–Trinajstić information content (AvgIpc) is 3.00. The highest BCUT2D eigenvalue weighted by Gasteiger charge is 2.25. The zero-order valence-corrected chi connectivity index (χ0v) is 19.4. The molecule has 0 aliphatic carbocycles. The summed E-state index contributed by atoms with van der Waals surface area (Å²) in [5, 5.41) is 0. The van der Waals surface area contributed by atoms with Gasteiger partial charge >= 0.3 is 0 Å². The van der Waals surface area contributed by atoms with Crippen molar-refractivity contribution in [1.29, 1.82) is 0 Å². The number of piperazine rings is 1. The predicted molar refractivity (Wildman–Crippen MR) is 133 cm³/mol. The molecule has 0 unspecified atom stereocenters. The summed E-state index contributed by atoms with van der Waals surface area (Å²) in [6.07, 6.45) is 1.91. The predicted octanol–water partition coefficient (Wildman–Crippen LogP) is 6.17. The van der Waals surface area contributed by atoms with E-state index in [2.05, 4.69) is 31.2 Å². The first-order valence-corrected chi connectivity index (χ1v) is 12.2. The van der Waals surface area contributed by atoms with Crippen molar-refractivity contribution in [2.45, 2.75) is 29.6 Å². The number of halogens is 1. The Morgan fingerprint density at radius 3 is 2.52 bits per heavy atom. The molecule has 1 fully saturated rings. The Labute approximate surface area is 198 Å². The topological polar surface area (TPSA) is 35.9 Å². The maximum absolute atomic E-state index is 14.1. The van der Waals surface area contributed by atoms with Crippen LogP contribution in [0, 0.1) is 5.82 Å². The van der Waals surface area contributed by atoms with Gasteiger partial charge in [0.2, 0.25) is 0 Å². The number of nitrogens with zero attached hydrogens (tertiary/aromatic N) is 3. The molecule has 0 bridgehead atoms. The van der Waals surface area contributed by atoms with Crippen LogP contribution in [0.5, 0.6) is 0 Å². The molecule has 0 aromatic heterocycles.